The normalized spacial score (nSPS) is 26.1. The summed E-state index contributed by atoms with van der Waals surface area (Å²) in [5.41, 5.74) is 3.05. The second-order valence-corrected chi connectivity index (χ2v) is 11.2. The van der Waals surface area contributed by atoms with Crippen LogP contribution in [0.1, 0.15) is 36.8 Å². The zero-order chi connectivity index (χ0) is 30.6. The number of unbranched alkanes of at least 4 members (excludes halogenated alkanes) is 1. The Morgan fingerprint density at radius 1 is 1.15 bits per heavy atom. The Kier molecular flexibility index (Phi) is 7.91. The van der Waals surface area contributed by atoms with E-state index in [0.29, 0.717) is 11.3 Å². The van der Waals surface area contributed by atoms with Crippen molar-refractivity contribution in [1.82, 2.24) is 4.90 Å². The number of primary amides is 1. The first-order valence-electron chi connectivity index (χ1n) is 13.2. The van der Waals surface area contributed by atoms with Gasteiger partial charge in [0.05, 0.1) is 18.2 Å². The second kappa shape index (κ2) is 10.7. The van der Waals surface area contributed by atoms with Gasteiger partial charge in [0, 0.05) is 37.7 Å². The summed E-state index contributed by atoms with van der Waals surface area (Å²) in [6.07, 6.45) is -5.09. The molecule has 1 aromatic carbocycles. The van der Waals surface area contributed by atoms with Gasteiger partial charge in [-0.2, -0.15) is 13.2 Å². The molecule has 224 valence electrons. The molecule has 0 saturated heterocycles. The quantitative estimate of drug-likeness (QED) is 0.268. The number of Topliss-reactive ketones (excluding diaryl/α,β-unsaturated/α-hetero) is 2. The van der Waals surface area contributed by atoms with Crippen molar-refractivity contribution in [3.05, 3.63) is 40.2 Å². The van der Waals surface area contributed by atoms with Gasteiger partial charge < -0.3 is 30.7 Å². The Hall–Kier alpha value is -3.58. The number of rotatable bonds is 8. The van der Waals surface area contributed by atoms with Crippen molar-refractivity contribution >= 4 is 28.9 Å². The number of ketones is 2. The third-order valence-corrected chi connectivity index (χ3v) is 8.16. The van der Waals surface area contributed by atoms with Crippen LogP contribution in [0, 0.1) is 11.8 Å². The van der Waals surface area contributed by atoms with Crippen LogP contribution >= 0.6 is 0 Å². The third kappa shape index (κ3) is 5.05. The molecule has 0 aliphatic heterocycles. The van der Waals surface area contributed by atoms with E-state index in [-0.39, 0.29) is 49.2 Å². The van der Waals surface area contributed by atoms with E-state index in [4.69, 9.17) is 10.5 Å². The fraction of sp³-hybridized carbons (Fsp3) is 0.536. The number of aliphatic hydroxyl groups excluding tert-OH is 2. The zero-order valence-corrected chi connectivity index (χ0v) is 23.2. The maximum atomic E-state index is 14.0. The number of aliphatic hydroxyl groups is 3. The summed E-state index contributed by atoms with van der Waals surface area (Å²) in [4.78, 5) is 42.6. The molecule has 0 bridgehead atoms. The molecule has 41 heavy (non-hydrogen) atoms. The Labute approximate surface area is 234 Å². The van der Waals surface area contributed by atoms with Crippen LogP contribution in [0.25, 0.3) is 5.76 Å². The fourth-order valence-corrected chi connectivity index (χ4v) is 6.36. The lowest BCUT2D eigenvalue weighted by Crippen LogP contribution is -2.65. The van der Waals surface area contributed by atoms with Gasteiger partial charge in [-0.1, -0.05) is 0 Å². The Bertz CT molecular complexity index is 1350. The first kappa shape index (κ1) is 30.4. The lowest BCUT2D eigenvalue weighted by Gasteiger charge is -2.50. The summed E-state index contributed by atoms with van der Waals surface area (Å²) in [5, 5.41) is 34.3. The number of halogens is 3. The highest BCUT2D eigenvalue weighted by Gasteiger charge is 2.64. The number of likely N-dealkylation sites (N-methyl/N-ethyl adjacent to an activating group) is 1. The van der Waals surface area contributed by atoms with Crippen LogP contribution < -0.4 is 15.4 Å². The van der Waals surface area contributed by atoms with Crippen molar-refractivity contribution in [2.45, 2.75) is 49.9 Å². The van der Waals surface area contributed by atoms with Crippen LogP contribution in [-0.2, 0) is 20.8 Å². The molecule has 3 aliphatic rings. The molecular formula is C28H34F3N3O7. The van der Waals surface area contributed by atoms with Gasteiger partial charge in [0.1, 0.15) is 22.8 Å². The number of benzene rings is 1. The molecule has 0 radical (unpaired) electrons. The predicted molar refractivity (Wildman–Crippen MR) is 142 cm³/mol. The molecule has 4 atom stereocenters. The van der Waals surface area contributed by atoms with E-state index >= 15 is 0 Å². The minimum Gasteiger partial charge on any atom is -0.508 e. The standard InChI is InChI=1S/C28H34F3N3O7/c1-33(2)16-7-8-17(41-10-6-5-9-27(29,30)31)19-14(16)11-13-12-15-21(34(3)4)23(36)20(26(32)39)25(38)28(15,40)24(37)18(13)22(19)35/h7-8,13,15,21,35,38,40H,5-6,9-12H2,1-4H3,(H2,32,39)/t13-,15-,21-,28-/m0/s1. The smallest absolute Gasteiger partial charge is 0.389 e. The average molecular weight is 582 g/mol. The molecule has 0 spiro atoms. The summed E-state index contributed by atoms with van der Waals surface area (Å²) >= 11 is 0. The highest BCUT2D eigenvalue weighted by Crippen LogP contribution is 2.53. The number of hydrogen-bond donors (Lipinski definition) is 4. The van der Waals surface area contributed by atoms with Crippen molar-refractivity contribution in [1.29, 1.82) is 0 Å². The van der Waals surface area contributed by atoms with Gasteiger partial charge in [-0.15, -0.1) is 0 Å². The molecule has 0 aromatic heterocycles. The summed E-state index contributed by atoms with van der Waals surface area (Å²) in [5.74, 6) is -6.51. The molecule has 3 aliphatic carbocycles. The number of nitrogens with two attached hydrogens (primary N) is 1. The van der Waals surface area contributed by atoms with Crippen molar-refractivity contribution in [3.63, 3.8) is 0 Å². The van der Waals surface area contributed by atoms with E-state index in [1.165, 1.54) is 19.0 Å². The molecule has 10 nitrogen and oxygen atoms in total. The van der Waals surface area contributed by atoms with Crippen LogP contribution in [0.2, 0.25) is 0 Å². The average Bonchev–Trinajstić information content (AvgIpc) is 2.84. The molecule has 1 saturated carbocycles. The number of amides is 1. The summed E-state index contributed by atoms with van der Waals surface area (Å²) in [6, 6.07) is 2.13. The van der Waals surface area contributed by atoms with Crippen LogP contribution in [0.15, 0.2) is 29.0 Å². The predicted octanol–water partition coefficient (Wildman–Crippen LogP) is 2.44. The van der Waals surface area contributed by atoms with Crippen molar-refractivity contribution < 1.29 is 47.6 Å². The van der Waals surface area contributed by atoms with Gasteiger partial charge in [-0.05, 0) is 63.4 Å². The van der Waals surface area contributed by atoms with Gasteiger partial charge in [-0.25, -0.2) is 0 Å². The SMILES string of the molecule is CN(C)c1ccc(OCCCCC(F)(F)F)c2c1C[C@H]1C[C@H]3[C@H](N(C)C)C(=O)C(C(N)=O)=C(O)[C@@]3(O)C(=O)C1=C2O. The lowest BCUT2D eigenvalue weighted by molar-refractivity contribution is -0.153. The minimum absolute atomic E-state index is 0.00115. The van der Waals surface area contributed by atoms with Gasteiger partial charge in [0.25, 0.3) is 5.91 Å². The molecule has 13 heteroatoms. The molecule has 0 heterocycles. The Balaban J connectivity index is 1.82. The van der Waals surface area contributed by atoms with Gasteiger partial charge >= 0.3 is 6.18 Å². The summed E-state index contributed by atoms with van der Waals surface area (Å²) in [6.45, 7) is -0.0754. The largest absolute Gasteiger partial charge is 0.508 e. The van der Waals surface area contributed by atoms with Gasteiger partial charge in [0.2, 0.25) is 5.78 Å². The Morgan fingerprint density at radius 3 is 2.37 bits per heavy atom. The molecule has 4 rings (SSSR count). The molecule has 5 N–H and O–H groups in total. The number of ether oxygens (including phenoxy) is 1. The number of carbonyl (C=O) groups excluding carboxylic acids is 3. The maximum Gasteiger partial charge on any atom is 0.389 e. The van der Waals surface area contributed by atoms with Gasteiger partial charge in [-0.3, -0.25) is 19.3 Å². The minimum atomic E-state index is -4.28. The van der Waals surface area contributed by atoms with Crippen LogP contribution in [-0.4, -0.2) is 90.3 Å². The van der Waals surface area contributed by atoms with Crippen molar-refractivity contribution in [3.8, 4) is 5.75 Å². The number of carbonyl (C=O) groups is 3. The number of alkyl halides is 3. The number of fused-ring (bicyclic) bond motifs is 3. The van der Waals surface area contributed by atoms with Crippen LogP contribution in [0.3, 0.4) is 0 Å². The summed E-state index contributed by atoms with van der Waals surface area (Å²) in [7, 11) is 6.64. The number of anilines is 1. The van der Waals surface area contributed by atoms with E-state index in [9.17, 15) is 42.9 Å². The number of hydrogen-bond acceptors (Lipinski definition) is 9. The van der Waals surface area contributed by atoms with Crippen LogP contribution in [0.4, 0.5) is 18.9 Å². The first-order chi connectivity index (χ1) is 19.0. The first-order valence-corrected chi connectivity index (χ1v) is 13.2. The van der Waals surface area contributed by atoms with E-state index in [1.807, 2.05) is 0 Å². The van der Waals surface area contributed by atoms with E-state index in [0.717, 1.165) is 0 Å². The number of nitrogens with zero attached hydrogens (tertiary/aromatic N) is 2. The fourth-order valence-electron chi connectivity index (χ4n) is 6.36. The topological polar surface area (TPSA) is 154 Å². The second-order valence-electron chi connectivity index (χ2n) is 11.2. The van der Waals surface area contributed by atoms with Crippen LogP contribution in [0.5, 0.6) is 5.75 Å². The summed E-state index contributed by atoms with van der Waals surface area (Å²) < 4.78 is 43.4. The van der Waals surface area contributed by atoms with Crippen molar-refractivity contribution in [2.75, 3.05) is 39.7 Å². The third-order valence-electron chi connectivity index (χ3n) is 8.16. The van der Waals surface area contributed by atoms with E-state index in [1.54, 1.807) is 31.1 Å². The van der Waals surface area contributed by atoms with Crippen molar-refractivity contribution in [2.24, 2.45) is 17.6 Å². The Morgan fingerprint density at radius 2 is 1.80 bits per heavy atom. The maximum absolute atomic E-state index is 14.0. The highest BCUT2D eigenvalue weighted by molar-refractivity contribution is 6.24. The van der Waals surface area contributed by atoms with Gasteiger partial charge in [0.15, 0.2) is 11.4 Å². The highest BCUT2D eigenvalue weighted by atomic mass is 19.4. The molecule has 1 amide bonds. The molecule has 0 unspecified atom stereocenters. The monoisotopic (exact) mass is 581 g/mol. The molecule has 1 aromatic rings. The molecule has 1 fully saturated rings. The zero-order valence-electron chi connectivity index (χ0n) is 23.2. The van der Waals surface area contributed by atoms with E-state index < -0.39 is 70.6 Å². The molecular weight excluding hydrogens is 547 g/mol. The lowest BCUT2D eigenvalue weighted by atomic mass is 9.57. The van der Waals surface area contributed by atoms with E-state index in [2.05, 4.69) is 0 Å².